The molecule has 0 aromatic heterocycles. The molecule has 2 rings (SSSR count). The lowest BCUT2D eigenvalue weighted by Gasteiger charge is -2.19. The molecule has 0 spiro atoms. The topological polar surface area (TPSA) is 78.9 Å². The molecule has 9 heteroatoms. The zero-order chi connectivity index (χ0) is 19.5. The third kappa shape index (κ3) is 4.80. The van der Waals surface area contributed by atoms with E-state index in [1.807, 2.05) is 13.8 Å². The number of halogens is 3. The number of hydrogen-bond acceptors (Lipinski definition) is 3. The largest absolute Gasteiger partial charge is 0.491 e. The number of carboxylic acids is 1. The van der Waals surface area contributed by atoms with Crippen molar-refractivity contribution in [2.24, 2.45) is 11.8 Å². The van der Waals surface area contributed by atoms with E-state index >= 15 is 0 Å². The number of benzene rings is 1. The van der Waals surface area contributed by atoms with Crippen molar-refractivity contribution in [1.29, 1.82) is 0 Å². The number of aliphatic carboxylic acids is 1. The summed E-state index contributed by atoms with van der Waals surface area (Å²) >= 11 is 0. The number of hydrogen-bond donors (Lipinski definition) is 2. The Hall–Kier alpha value is -2.45. The zero-order valence-corrected chi connectivity index (χ0v) is 14.4. The first kappa shape index (κ1) is 19.9. The van der Waals surface area contributed by atoms with Gasteiger partial charge in [0.25, 0.3) is 0 Å². The van der Waals surface area contributed by atoms with E-state index in [0.29, 0.717) is 11.4 Å². The number of carbonyl (C=O) groups is 2. The van der Waals surface area contributed by atoms with Gasteiger partial charge in [0.15, 0.2) is 0 Å². The van der Waals surface area contributed by atoms with Crippen LogP contribution in [0.25, 0.3) is 0 Å². The van der Waals surface area contributed by atoms with Crippen molar-refractivity contribution in [2.45, 2.75) is 32.5 Å². The van der Waals surface area contributed by atoms with Crippen molar-refractivity contribution in [2.75, 3.05) is 18.4 Å². The number of carbonyl (C=O) groups excluding carboxylic acids is 1. The molecule has 1 aliphatic heterocycles. The summed E-state index contributed by atoms with van der Waals surface area (Å²) in [7, 11) is 0. The second-order valence-corrected chi connectivity index (χ2v) is 6.29. The van der Waals surface area contributed by atoms with Crippen LogP contribution in [0.3, 0.4) is 0 Å². The van der Waals surface area contributed by atoms with E-state index in [2.05, 4.69) is 5.32 Å². The Morgan fingerprint density at radius 2 is 1.92 bits per heavy atom. The van der Waals surface area contributed by atoms with Gasteiger partial charge in [-0.2, -0.15) is 13.2 Å². The minimum absolute atomic E-state index is 0.0345. The van der Waals surface area contributed by atoms with Crippen molar-refractivity contribution < 1.29 is 32.6 Å². The van der Waals surface area contributed by atoms with Crippen LogP contribution in [-0.2, 0) is 4.79 Å². The molecule has 1 fully saturated rings. The Bertz CT molecular complexity index is 648. The van der Waals surface area contributed by atoms with Crippen LogP contribution in [0.4, 0.5) is 23.7 Å². The van der Waals surface area contributed by atoms with Crippen LogP contribution in [0.1, 0.15) is 20.3 Å². The van der Waals surface area contributed by atoms with E-state index in [9.17, 15) is 22.8 Å². The first-order valence-electron chi connectivity index (χ1n) is 8.24. The molecule has 0 bridgehead atoms. The Labute approximate surface area is 148 Å². The van der Waals surface area contributed by atoms with Gasteiger partial charge >= 0.3 is 18.2 Å². The number of likely N-dealkylation sites (tertiary alicyclic amines) is 1. The van der Waals surface area contributed by atoms with Gasteiger partial charge in [-0.3, -0.25) is 4.79 Å². The second kappa shape index (κ2) is 7.84. The fourth-order valence-corrected chi connectivity index (χ4v) is 2.69. The summed E-state index contributed by atoms with van der Waals surface area (Å²) in [4.78, 5) is 24.1. The number of nitrogens with zero attached hydrogens (tertiary/aromatic N) is 1. The Kier molecular flexibility index (Phi) is 5.99. The summed E-state index contributed by atoms with van der Waals surface area (Å²) in [5, 5.41) is 11.5. The van der Waals surface area contributed by atoms with Gasteiger partial charge in [0.1, 0.15) is 5.75 Å². The summed E-state index contributed by atoms with van der Waals surface area (Å²) in [6.45, 7) is 2.73. The summed E-state index contributed by atoms with van der Waals surface area (Å²) in [6.07, 6.45) is -3.81. The van der Waals surface area contributed by atoms with Crippen LogP contribution in [0.5, 0.6) is 5.75 Å². The number of amides is 2. The van der Waals surface area contributed by atoms with Crippen LogP contribution in [0, 0.1) is 11.8 Å². The van der Waals surface area contributed by atoms with Gasteiger partial charge in [-0.05, 0) is 37.6 Å². The molecule has 0 radical (unpaired) electrons. The second-order valence-electron chi connectivity index (χ2n) is 6.29. The lowest BCUT2D eigenvalue weighted by Crippen LogP contribution is -2.35. The monoisotopic (exact) mass is 374 g/mol. The first-order valence-corrected chi connectivity index (χ1v) is 8.24. The van der Waals surface area contributed by atoms with E-state index in [1.54, 1.807) is 24.3 Å². The highest BCUT2D eigenvalue weighted by Crippen LogP contribution is 2.37. The maximum Gasteiger partial charge on any atom is 0.394 e. The molecule has 0 aliphatic carbocycles. The molecule has 0 saturated carbocycles. The van der Waals surface area contributed by atoms with E-state index in [1.165, 1.54) is 0 Å². The minimum Gasteiger partial charge on any atom is -0.491 e. The fourth-order valence-electron chi connectivity index (χ4n) is 2.69. The minimum atomic E-state index is -4.67. The highest BCUT2D eigenvalue weighted by Gasteiger charge is 2.53. The third-order valence-corrected chi connectivity index (χ3v) is 4.36. The summed E-state index contributed by atoms with van der Waals surface area (Å²) in [5.74, 6) is -4.68. The summed E-state index contributed by atoms with van der Waals surface area (Å²) < 4.78 is 44.5. The molecule has 6 nitrogen and oxygen atoms in total. The predicted molar refractivity (Wildman–Crippen MR) is 88.1 cm³/mol. The van der Waals surface area contributed by atoms with Crippen molar-refractivity contribution in [3.63, 3.8) is 0 Å². The number of carboxylic acid groups (broad SMARTS) is 1. The third-order valence-electron chi connectivity index (χ3n) is 4.36. The molecule has 2 N–H and O–H groups in total. The summed E-state index contributed by atoms with van der Waals surface area (Å²) in [6, 6.07) is 5.66. The zero-order valence-electron chi connectivity index (χ0n) is 14.4. The SMILES string of the molecule is CCC(C)Oc1ccc(NC(=O)N2C[C@@H](C(F)(F)F)[C@H](C(=O)O)C2)cc1. The number of nitrogens with one attached hydrogen (secondary N) is 1. The molecule has 3 atom stereocenters. The van der Waals surface area contributed by atoms with Crippen LogP contribution in [0.15, 0.2) is 24.3 Å². The van der Waals surface area contributed by atoms with E-state index in [-0.39, 0.29) is 6.10 Å². The Morgan fingerprint density at radius 1 is 1.31 bits per heavy atom. The predicted octanol–water partition coefficient (Wildman–Crippen LogP) is 3.59. The highest BCUT2D eigenvalue weighted by molar-refractivity contribution is 5.90. The molecule has 1 aliphatic rings. The van der Waals surface area contributed by atoms with Crippen LogP contribution < -0.4 is 10.1 Å². The van der Waals surface area contributed by atoms with Gasteiger partial charge < -0.3 is 20.1 Å². The van der Waals surface area contributed by atoms with Crippen molar-refractivity contribution >= 4 is 17.7 Å². The van der Waals surface area contributed by atoms with Gasteiger partial charge in [-0.1, -0.05) is 6.92 Å². The normalized spacial score (nSPS) is 21.3. The van der Waals surface area contributed by atoms with E-state index < -0.39 is 43.1 Å². The molecule has 2 amide bonds. The number of rotatable bonds is 5. The van der Waals surface area contributed by atoms with Gasteiger partial charge in [0.2, 0.25) is 0 Å². The lowest BCUT2D eigenvalue weighted by atomic mass is 9.96. The number of alkyl halides is 3. The number of ether oxygens (including phenoxy) is 1. The Morgan fingerprint density at radius 3 is 2.38 bits per heavy atom. The van der Waals surface area contributed by atoms with Crippen LogP contribution in [-0.4, -0.2) is 47.4 Å². The van der Waals surface area contributed by atoms with Gasteiger partial charge in [0, 0.05) is 18.8 Å². The molecule has 144 valence electrons. The number of urea groups is 1. The maximum absolute atomic E-state index is 13.0. The molecule has 1 aromatic carbocycles. The van der Waals surface area contributed by atoms with Crippen molar-refractivity contribution in [3.05, 3.63) is 24.3 Å². The average Bonchev–Trinajstić information content (AvgIpc) is 3.02. The van der Waals surface area contributed by atoms with Crippen LogP contribution in [0.2, 0.25) is 0 Å². The standard InChI is InChI=1S/C17H21F3N2O4/c1-3-10(2)26-12-6-4-11(5-7-12)21-16(25)22-8-13(15(23)24)14(9-22)17(18,19)20/h4-7,10,13-14H,3,8-9H2,1-2H3,(H,21,25)(H,23,24)/t10?,13-,14-/m1/s1. The smallest absolute Gasteiger partial charge is 0.394 e. The van der Waals surface area contributed by atoms with Gasteiger partial charge in [0.05, 0.1) is 17.9 Å². The molecular weight excluding hydrogens is 353 g/mol. The van der Waals surface area contributed by atoms with E-state index in [4.69, 9.17) is 9.84 Å². The Balaban J connectivity index is 2.00. The average molecular weight is 374 g/mol. The van der Waals surface area contributed by atoms with Crippen molar-refractivity contribution in [1.82, 2.24) is 4.90 Å². The number of anilines is 1. The quantitative estimate of drug-likeness (QED) is 0.826. The van der Waals surface area contributed by atoms with Crippen LogP contribution >= 0.6 is 0 Å². The highest BCUT2D eigenvalue weighted by atomic mass is 19.4. The maximum atomic E-state index is 13.0. The van der Waals surface area contributed by atoms with Gasteiger partial charge in [-0.25, -0.2) is 4.79 Å². The summed E-state index contributed by atoms with van der Waals surface area (Å²) in [5.41, 5.74) is 0.383. The fraction of sp³-hybridized carbons (Fsp3) is 0.529. The lowest BCUT2D eigenvalue weighted by molar-refractivity contribution is -0.187. The molecule has 1 saturated heterocycles. The molecular formula is C17H21F3N2O4. The molecule has 1 aromatic rings. The van der Waals surface area contributed by atoms with Gasteiger partial charge in [-0.15, -0.1) is 0 Å². The van der Waals surface area contributed by atoms with E-state index in [0.717, 1.165) is 11.3 Å². The molecule has 1 heterocycles. The molecule has 1 unspecified atom stereocenters. The first-order chi connectivity index (χ1) is 12.1. The molecule has 26 heavy (non-hydrogen) atoms. The van der Waals surface area contributed by atoms with Crippen molar-refractivity contribution in [3.8, 4) is 5.75 Å².